The summed E-state index contributed by atoms with van der Waals surface area (Å²) in [6.07, 6.45) is 1.67. The first kappa shape index (κ1) is 12.1. The van der Waals surface area contributed by atoms with Gasteiger partial charge >= 0.3 is 0 Å². The molecule has 0 radical (unpaired) electrons. The molecular weight excluding hydrogens is 212 g/mol. The molecule has 3 heteroatoms. The maximum Gasteiger partial charge on any atom is 0.227 e. The van der Waals surface area contributed by atoms with E-state index in [9.17, 15) is 4.79 Å². The Balaban J connectivity index is 2.15. The van der Waals surface area contributed by atoms with Crippen LogP contribution in [0.25, 0.3) is 0 Å². The van der Waals surface area contributed by atoms with Gasteiger partial charge in [0, 0.05) is 24.7 Å². The average Bonchev–Trinajstić information content (AvgIpc) is 2.74. The lowest BCUT2D eigenvalue weighted by Crippen LogP contribution is -2.23. The van der Waals surface area contributed by atoms with Crippen molar-refractivity contribution in [2.24, 2.45) is 0 Å². The molecule has 1 amide bonds. The van der Waals surface area contributed by atoms with Gasteiger partial charge in [-0.15, -0.1) is 0 Å². The van der Waals surface area contributed by atoms with Gasteiger partial charge in [-0.1, -0.05) is 12.1 Å². The average molecular weight is 232 g/mol. The second-order valence-electron chi connectivity index (χ2n) is 4.88. The molecule has 1 aromatic carbocycles. The molecule has 0 bridgehead atoms. The topological polar surface area (TPSA) is 23.6 Å². The lowest BCUT2D eigenvalue weighted by atomic mass is 10.1. The minimum atomic E-state index is 0.249. The normalized spacial score (nSPS) is 17.9. The molecule has 3 nitrogen and oxygen atoms in total. The molecule has 0 aliphatic carbocycles. The van der Waals surface area contributed by atoms with Crippen molar-refractivity contribution in [2.45, 2.75) is 25.8 Å². The lowest BCUT2D eigenvalue weighted by molar-refractivity contribution is -0.117. The Kier molecular flexibility index (Phi) is 3.48. The van der Waals surface area contributed by atoms with Gasteiger partial charge in [0.05, 0.1) is 0 Å². The van der Waals surface area contributed by atoms with E-state index >= 15 is 0 Å². The highest BCUT2D eigenvalue weighted by Gasteiger charge is 2.21. The Morgan fingerprint density at radius 3 is 2.35 bits per heavy atom. The summed E-state index contributed by atoms with van der Waals surface area (Å²) in [7, 11) is 4.14. The molecule has 92 valence electrons. The highest BCUT2D eigenvalue weighted by molar-refractivity contribution is 5.95. The van der Waals surface area contributed by atoms with Crippen molar-refractivity contribution in [3.63, 3.8) is 0 Å². The van der Waals surface area contributed by atoms with Crippen LogP contribution in [0.4, 0.5) is 5.69 Å². The number of anilines is 1. The second-order valence-corrected chi connectivity index (χ2v) is 4.88. The zero-order chi connectivity index (χ0) is 12.4. The van der Waals surface area contributed by atoms with Crippen LogP contribution in [-0.4, -0.2) is 31.4 Å². The zero-order valence-corrected chi connectivity index (χ0v) is 10.8. The molecule has 1 aliphatic rings. The minimum Gasteiger partial charge on any atom is -0.312 e. The fraction of sp³-hybridized carbons (Fsp3) is 0.500. The first-order valence-electron chi connectivity index (χ1n) is 6.16. The number of nitrogens with zero attached hydrogens (tertiary/aromatic N) is 2. The quantitative estimate of drug-likeness (QED) is 0.799. The van der Waals surface area contributed by atoms with Crippen LogP contribution >= 0.6 is 0 Å². The molecule has 0 spiro atoms. The SMILES string of the molecule is CC(c1ccc(N2CCCC2=O)cc1)N(C)C. The summed E-state index contributed by atoms with van der Waals surface area (Å²) in [6.45, 7) is 3.04. The van der Waals surface area contributed by atoms with E-state index in [0.717, 1.165) is 18.7 Å². The first-order valence-corrected chi connectivity index (χ1v) is 6.16. The second kappa shape index (κ2) is 4.88. The molecule has 1 fully saturated rings. The van der Waals surface area contributed by atoms with E-state index in [2.05, 4.69) is 50.2 Å². The summed E-state index contributed by atoms with van der Waals surface area (Å²) >= 11 is 0. The van der Waals surface area contributed by atoms with Crippen LogP contribution in [0.15, 0.2) is 24.3 Å². The van der Waals surface area contributed by atoms with Gasteiger partial charge in [-0.3, -0.25) is 4.79 Å². The molecule has 0 aromatic heterocycles. The van der Waals surface area contributed by atoms with E-state index in [1.807, 2.05) is 4.90 Å². The molecule has 0 N–H and O–H groups in total. The van der Waals surface area contributed by atoms with Gasteiger partial charge in [0.1, 0.15) is 0 Å². The number of carbonyl (C=O) groups excluding carboxylic acids is 1. The Hall–Kier alpha value is -1.35. The van der Waals surface area contributed by atoms with Crippen LogP contribution in [-0.2, 0) is 4.79 Å². The fourth-order valence-electron chi connectivity index (χ4n) is 2.15. The van der Waals surface area contributed by atoms with E-state index in [0.29, 0.717) is 12.5 Å². The molecule has 0 saturated carbocycles. The highest BCUT2D eigenvalue weighted by Crippen LogP contribution is 2.24. The van der Waals surface area contributed by atoms with E-state index < -0.39 is 0 Å². The monoisotopic (exact) mass is 232 g/mol. The van der Waals surface area contributed by atoms with Crippen LogP contribution in [0.1, 0.15) is 31.4 Å². The Labute approximate surface area is 103 Å². The third-order valence-electron chi connectivity index (χ3n) is 3.54. The van der Waals surface area contributed by atoms with Gasteiger partial charge in [0.25, 0.3) is 0 Å². The van der Waals surface area contributed by atoms with Crippen molar-refractivity contribution >= 4 is 11.6 Å². The summed E-state index contributed by atoms with van der Waals surface area (Å²) in [6, 6.07) is 8.74. The molecule has 1 heterocycles. The van der Waals surface area contributed by atoms with Gasteiger partial charge in [-0.05, 0) is 45.1 Å². The number of amides is 1. The molecule has 17 heavy (non-hydrogen) atoms. The first-order chi connectivity index (χ1) is 8.09. The number of benzene rings is 1. The molecule has 2 rings (SSSR count). The van der Waals surface area contributed by atoms with Crippen molar-refractivity contribution in [1.29, 1.82) is 0 Å². The maximum absolute atomic E-state index is 11.6. The zero-order valence-electron chi connectivity index (χ0n) is 10.8. The minimum absolute atomic E-state index is 0.249. The van der Waals surface area contributed by atoms with Crippen LogP contribution in [0.5, 0.6) is 0 Å². The summed E-state index contributed by atoms with van der Waals surface area (Å²) in [5.41, 5.74) is 2.31. The number of carbonyl (C=O) groups is 1. The van der Waals surface area contributed by atoms with Crippen molar-refractivity contribution in [3.8, 4) is 0 Å². The molecule has 1 aromatic rings. The van der Waals surface area contributed by atoms with Gasteiger partial charge in [0.15, 0.2) is 0 Å². The number of hydrogen-bond donors (Lipinski definition) is 0. The summed E-state index contributed by atoms with van der Waals surface area (Å²) in [4.78, 5) is 15.7. The van der Waals surface area contributed by atoms with Crippen LogP contribution in [0.3, 0.4) is 0 Å². The van der Waals surface area contributed by atoms with Gasteiger partial charge in [0.2, 0.25) is 5.91 Å². The number of hydrogen-bond acceptors (Lipinski definition) is 2. The van der Waals surface area contributed by atoms with E-state index in [1.54, 1.807) is 0 Å². The number of rotatable bonds is 3. The largest absolute Gasteiger partial charge is 0.312 e. The van der Waals surface area contributed by atoms with Crippen molar-refractivity contribution < 1.29 is 4.79 Å². The summed E-state index contributed by atoms with van der Waals surface area (Å²) in [5.74, 6) is 0.249. The third kappa shape index (κ3) is 2.50. The van der Waals surface area contributed by atoms with Crippen LogP contribution in [0.2, 0.25) is 0 Å². The third-order valence-corrected chi connectivity index (χ3v) is 3.54. The van der Waals surface area contributed by atoms with E-state index in [1.165, 1.54) is 5.56 Å². The predicted molar refractivity (Wildman–Crippen MR) is 70.1 cm³/mol. The Bertz CT molecular complexity index is 397. The van der Waals surface area contributed by atoms with E-state index in [-0.39, 0.29) is 5.91 Å². The smallest absolute Gasteiger partial charge is 0.227 e. The van der Waals surface area contributed by atoms with Crippen molar-refractivity contribution in [3.05, 3.63) is 29.8 Å². The lowest BCUT2D eigenvalue weighted by Gasteiger charge is -2.21. The standard InChI is InChI=1S/C14H20N2O/c1-11(15(2)3)12-6-8-13(9-7-12)16-10-4-5-14(16)17/h6-9,11H,4-5,10H2,1-3H3. The fourth-order valence-corrected chi connectivity index (χ4v) is 2.15. The molecule has 1 unspecified atom stereocenters. The molecule has 1 saturated heterocycles. The predicted octanol–water partition coefficient (Wildman–Crippen LogP) is 2.44. The highest BCUT2D eigenvalue weighted by atomic mass is 16.2. The molecular formula is C14H20N2O. The summed E-state index contributed by atoms with van der Waals surface area (Å²) < 4.78 is 0. The van der Waals surface area contributed by atoms with Gasteiger partial charge < -0.3 is 9.80 Å². The Morgan fingerprint density at radius 2 is 1.88 bits per heavy atom. The van der Waals surface area contributed by atoms with E-state index in [4.69, 9.17) is 0 Å². The van der Waals surface area contributed by atoms with Gasteiger partial charge in [-0.25, -0.2) is 0 Å². The Morgan fingerprint density at radius 1 is 1.24 bits per heavy atom. The van der Waals surface area contributed by atoms with Crippen LogP contribution < -0.4 is 4.90 Å². The van der Waals surface area contributed by atoms with Crippen LogP contribution in [0, 0.1) is 0 Å². The molecule has 1 aliphatic heterocycles. The van der Waals surface area contributed by atoms with Crippen molar-refractivity contribution in [2.75, 3.05) is 25.5 Å². The van der Waals surface area contributed by atoms with Crippen molar-refractivity contribution in [1.82, 2.24) is 4.90 Å². The summed E-state index contributed by atoms with van der Waals surface area (Å²) in [5, 5.41) is 0. The molecule has 1 atom stereocenters. The van der Waals surface area contributed by atoms with Gasteiger partial charge in [-0.2, -0.15) is 0 Å². The maximum atomic E-state index is 11.6.